The van der Waals surface area contributed by atoms with E-state index in [4.69, 9.17) is 5.11 Å². The highest BCUT2D eigenvalue weighted by atomic mass is 79.9. The quantitative estimate of drug-likeness (QED) is 0.930. The molecule has 1 fully saturated rings. The Balaban J connectivity index is 2.23. The third kappa shape index (κ3) is 2.71. The first-order chi connectivity index (χ1) is 7.58. The lowest BCUT2D eigenvalue weighted by Crippen LogP contribution is -2.03. The lowest BCUT2D eigenvalue weighted by molar-refractivity contribution is 0.0695. The molecular formula is C11H11BrO3S. The molecule has 1 unspecified atom stereocenters. The van der Waals surface area contributed by atoms with Crippen molar-refractivity contribution in [1.82, 2.24) is 0 Å². The molecule has 16 heavy (non-hydrogen) atoms. The standard InChI is InChI=1S/C11H11BrO3S/c12-10-4-3-8(5-9(10)11(13)14)16(15)6-7-1-2-7/h3-5,7H,1-2,6H2,(H,13,14). The van der Waals surface area contributed by atoms with Gasteiger partial charge in [0.15, 0.2) is 0 Å². The van der Waals surface area contributed by atoms with Crippen LogP contribution in [0.4, 0.5) is 0 Å². The minimum atomic E-state index is -1.07. The second-order valence-electron chi connectivity index (χ2n) is 3.90. The lowest BCUT2D eigenvalue weighted by Gasteiger charge is -2.04. The van der Waals surface area contributed by atoms with E-state index in [-0.39, 0.29) is 5.56 Å². The summed E-state index contributed by atoms with van der Waals surface area (Å²) in [6.07, 6.45) is 2.29. The molecule has 1 aliphatic carbocycles. The Morgan fingerprint density at radius 2 is 2.19 bits per heavy atom. The molecule has 5 heteroatoms. The van der Waals surface area contributed by atoms with Crippen molar-refractivity contribution >= 4 is 32.7 Å². The molecule has 1 aromatic carbocycles. The maximum absolute atomic E-state index is 11.9. The van der Waals surface area contributed by atoms with Gasteiger partial charge in [-0.1, -0.05) is 0 Å². The summed E-state index contributed by atoms with van der Waals surface area (Å²) in [5.74, 6) is 0.218. The van der Waals surface area contributed by atoms with Gasteiger partial charge in [0.1, 0.15) is 0 Å². The van der Waals surface area contributed by atoms with Gasteiger partial charge in [-0.2, -0.15) is 0 Å². The van der Waals surface area contributed by atoms with E-state index in [0.717, 1.165) is 12.8 Å². The normalized spacial score (nSPS) is 17.1. The van der Waals surface area contributed by atoms with Gasteiger partial charge in [0.2, 0.25) is 0 Å². The van der Waals surface area contributed by atoms with Crippen molar-refractivity contribution in [3.05, 3.63) is 28.2 Å². The Morgan fingerprint density at radius 1 is 1.50 bits per heavy atom. The van der Waals surface area contributed by atoms with Crippen molar-refractivity contribution in [3.8, 4) is 0 Å². The van der Waals surface area contributed by atoms with Gasteiger partial charge in [0.05, 0.1) is 16.4 Å². The highest BCUT2D eigenvalue weighted by molar-refractivity contribution is 9.10. The van der Waals surface area contributed by atoms with Crippen molar-refractivity contribution in [1.29, 1.82) is 0 Å². The minimum Gasteiger partial charge on any atom is -0.478 e. The lowest BCUT2D eigenvalue weighted by atomic mass is 10.2. The molecule has 0 saturated heterocycles. The first kappa shape index (κ1) is 11.8. The molecule has 1 aliphatic rings. The number of halogens is 1. The predicted molar refractivity (Wildman–Crippen MR) is 65.1 cm³/mol. The summed E-state index contributed by atoms with van der Waals surface area (Å²) < 4.78 is 12.4. The number of benzene rings is 1. The van der Waals surface area contributed by atoms with Crippen LogP contribution in [0.25, 0.3) is 0 Å². The Morgan fingerprint density at radius 3 is 2.75 bits per heavy atom. The van der Waals surface area contributed by atoms with Crippen molar-refractivity contribution < 1.29 is 14.1 Å². The third-order valence-electron chi connectivity index (χ3n) is 2.52. The van der Waals surface area contributed by atoms with Crippen LogP contribution in [0.15, 0.2) is 27.6 Å². The summed E-state index contributed by atoms with van der Waals surface area (Å²) in [6.45, 7) is 0. The van der Waals surface area contributed by atoms with Gasteiger partial charge in [-0.25, -0.2) is 4.79 Å². The molecule has 0 aromatic heterocycles. The van der Waals surface area contributed by atoms with E-state index < -0.39 is 16.8 Å². The third-order valence-corrected chi connectivity index (χ3v) is 4.76. The molecule has 1 N–H and O–H groups in total. The van der Waals surface area contributed by atoms with Gasteiger partial charge in [-0.05, 0) is 52.9 Å². The Hall–Kier alpha value is -0.680. The zero-order chi connectivity index (χ0) is 11.7. The Kier molecular flexibility index (Phi) is 3.44. The second kappa shape index (κ2) is 4.67. The van der Waals surface area contributed by atoms with E-state index >= 15 is 0 Å². The molecule has 1 aromatic rings. The molecule has 0 heterocycles. The van der Waals surface area contributed by atoms with E-state index in [0.29, 0.717) is 21.0 Å². The first-order valence-corrected chi connectivity index (χ1v) is 7.10. The van der Waals surface area contributed by atoms with E-state index in [2.05, 4.69) is 15.9 Å². The highest BCUT2D eigenvalue weighted by Crippen LogP contribution is 2.31. The van der Waals surface area contributed by atoms with Crippen LogP contribution in [-0.4, -0.2) is 21.0 Å². The number of rotatable bonds is 4. The molecule has 1 atom stereocenters. The number of hydrogen-bond donors (Lipinski definition) is 1. The highest BCUT2D eigenvalue weighted by Gasteiger charge is 2.24. The zero-order valence-electron chi connectivity index (χ0n) is 8.48. The van der Waals surface area contributed by atoms with Crippen LogP contribution >= 0.6 is 15.9 Å². The summed E-state index contributed by atoms with van der Waals surface area (Å²) in [4.78, 5) is 11.5. The minimum absolute atomic E-state index is 0.168. The van der Waals surface area contributed by atoms with Gasteiger partial charge >= 0.3 is 5.97 Å². The van der Waals surface area contributed by atoms with Crippen LogP contribution in [0.3, 0.4) is 0 Å². The number of carboxylic acid groups (broad SMARTS) is 1. The van der Waals surface area contributed by atoms with Crippen LogP contribution in [-0.2, 0) is 10.8 Å². The second-order valence-corrected chi connectivity index (χ2v) is 6.25. The molecule has 1 saturated carbocycles. The summed E-state index contributed by atoms with van der Waals surface area (Å²) in [6, 6.07) is 4.85. The molecule has 0 amide bonds. The van der Waals surface area contributed by atoms with Crippen molar-refractivity contribution in [2.45, 2.75) is 17.7 Å². The molecule has 3 nitrogen and oxygen atoms in total. The van der Waals surface area contributed by atoms with Crippen LogP contribution in [0, 0.1) is 5.92 Å². The SMILES string of the molecule is O=C(O)c1cc(S(=O)CC2CC2)ccc1Br. The summed E-state index contributed by atoms with van der Waals surface area (Å²) in [7, 11) is -1.07. The Bertz CT molecular complexity index is 455. The molecular weight excluding hydrogens is 292 g/mol. The van der Waals surface area contributed by atoms with Gasteiger partial charge in [0, 0.05) is 15.1 Å². The average Bonchev–Trinajstić information content (AvgIpc) is 3.01. The topological polar surface area (TPSA) is 54.4 Å². The molecule has 2 rings (SSSR count). The van der Waals surface area contributed by atoms with Crippen LogP contribution in [0.1, 0.15) is 23.2 Å². The number of carbonyl (C=O) groups is 1. The molecule has 0 aliphatic heterocycles. The van der Waals surface area contributed by atoms with Gasteiger partial charge in [-0.3, -0.25) is 4.21 Å². The van der Waals surface area contributed by atoms with Crippen molar-refractivity contribution in [3.63, 3.8) is 0 Å². The van der Waals surface area contributed by atoms with Crippen LogP contribution in [0.5, 0.6) is 0 Å². The van der Waals surface area contributed by atoms with Gasteiger partial charge in [0.25, 0.3) is 0 Å². The maximum atomic E-state index is 11.9. The van der Waals surface area contributed by atoms with Crippen LogP contribution < -0.4 is 0 Å². The summed E-state index contributed by atoms with van der Waals surface area (Å²) in [5, 5.41) is 8.94. The van der Waals surface area contributed by atoms with Crippen molar-refractivity contribution in [2.24, 2.45) is 5.92 Å². The maximum Gasteiger partial charge on any atom is 0.336 e. The fourth-order valence-electron chi connectivity index (χ4n) is 1.40. The monoisotopic (exact) mass is 302 g/mol. The van der Waals surface area contributed by atoms with E-state index in [1.807, 2.05) is 0 Å². The van der Waals surface area contributed by atoms with Gasteiger partial charge in [-0.15, -0.1) is 0 Å². The van der Waals surface area contributed by atoms with Crippen molar-refractivity contribution in [2.75, 3.05) is 5.75 Å². The largest absolute Gasteiger partial charge is 0.478 e. The van der Waals surface area contributed by atoms with E-state index in [9.17, 15) is 9.00 Å². The summed E-state index contributed by atoms with van der Waals surface area (Å²) in [5.41, 5.74) is 0.168. The predicted octanol–water partition coefficient (Wildman–Crippen LogP) is 2.66. The number of hydrogen-bond acceptors (Lipinski definition) is 2. The Labute approximate surface area is 104 Å². The summed E-state index contributed by atoms with van der Waals surface area (Å²) >= 11 is 3.16. The van der Waals surface area contributed by atoms with Crippen LogP contribution in [0.2, 0.25) is 0 Å². The average molecular weight is 303 g/mol. The molecule has 0 radical (unpaired) electrons. The number of carboxylic acids is 1. The van der Waals surface area contributed by atoms with E-state index in [1.54, 1.807) is 12.1 Å². The first-order valence-electron chi connectivity index (χ1n) is 4.99. The fraction of sp³-hybridized carbons (Fsp3) is 0.364. The van der Waals surface area contributed by atoms with Gasteiger partial charge < -0.3 is 5.11 Å². The fourth-order valence-corrected chi connectivity index (χ4v) is 3.24. The number of aromatic carboxylic acids is 1. The van der Waals surface area contributed by atoms with E-state index in [1.165, 1.54) is 6.07 Å². The zero-order valence-corrected chi connectivity index (χ0v) is 10.9. The molecule has 0 bridgehead atoms. The molecule has 0 spiro atoms. The smallest absolute Gasteiger partial charge is 0.336 e. The molecule has 86 valence electrons.